The van der Waals surface area contributed by atoms with Crippen LogP contribution in [0.1, 0.15) is 41.0 Å². The Hall–Kier alpha value is -1.39. The smallest absolute Gasteiger partial charge is 0.277 e. The normalized spacial score (nSPS) is 22.7. The summed E-state index contributed by atoms with van der Waals surface area (Å²) in [7, 11) is 0. The number of carbonyl (C=O) groups excluding carboxylic acids is 3. The third-order valence-electron chi connectivity index (χ3n) is 3.15. The van der Waals surface area contributed by atoms with Gasteiger partial charge in [-0.25, -0.2) is 4.79 Å². The maximum absolute atomic E-state index is 12.3. The van der Waals surface area contributed by atoms with Gasteiger partial charge in [-0.15, -0.1) is 0 Å². The maximum Gasteiger partial charge on any atom is 0.331 e. The number of hydrogen-bond acceptors (Lipinski definition) is 3. The number of barbiturate groups is 1. The van der Waals surface area contributed by atoms with Crippen LogP contribution in [0.2, 0.25) is 0 Å². The summed E-state index contributed by atoms with van der Waals surface area (Å²) in [5.74, 6) is -1.33. The quantitative estimate of drug-likeness (QED) is 0.777. The monoisotopic (exact) mass is 254 g/mol. The SMILES string of the molecule is CC(C)CC(C)N1C(=O)NC(=O)C(C(C)C)C1=O. The highest BCUT2D eigenvalue weighted by molar-refractivity contribution is 6.16. The first-order chi connectivity index (χ1) is 8.25. The Kier molecular flexibility index (Phi) is 4.48. The van der Waals surface area contributed by atoms with E-state index in [1.54, 1.807) is 0 Å². The van der Waals surface area contributed by atoms with Crippen LogP contribution in [0, 0.1) is 17.8 Å². The minimum atomic E-state index is -0.752. The van der Waals surface area contributed by atoms with Crippen molar-refractivity contribution in [3.05, 3.63) is 0 Å². The summed E-state index contributed by atoms with van der Waals surface area (Å²) in [5.41, 5.74) is 0. The number of hydrogen-bond donors (Lipinski definition) is 1. The molecule has 0 aromatic carbocycles. The molecular formula is C13H22N2O3. The number of carbonyl (C=O) groups is 3. The van der Waals surface area contributed by atoms with Crippen LogP contribution in [0.3, 0.4) is 0 Å². The van der Waals surface area contributed by atoms with E-state index >= 15 is 0 Å². The molecule has 0 saturated carbocycles. The van der Waals surface area contributed by atoms with Gasteiger partial charge in [-0.2, -0.15) is 0 Å². The standard InChI is InChI=1S/C13H22N2O3/c1-7(2)6-9(5)15-12(17)10(8(3)4)11(16)14-13(15)18/h7-10H,6H2,1-5H3,(H,14,16,18). The molecule has 102 valence electrons. The first-order valence-electron chi connectivity index (χ1n) is 6.43. The van der Waals surface area contributed by atoms with E-state index in [1.807, 2.05) is 34.6 Å². The zero-order valence-electron chi connectivity index (χ0n) is 11.7. The number of urea groups is 1. The Morgan fingerprint density at radius 2 is 1.67 bits per heavy atom. The predicted octanol–water partition coefficient (Wildman–Crippen LogP) is 1.77. The molecule has 1 saturated heterocycles. The second kappa shape index (κ2) is 5.50. The van der Waals surface area contributed by atoms with E-state index in [9.17, 15) is 14.4 Å². The Morgan fingerprint density at radius 1 is 1.11 bits per heavy atom. The van der Waals surface area contributed by atoms with Crippen LogP contribution in [0.15, 0.2) is 0 Å². The van der Waals surface area contributed by atoms with Gasteiger partial charge in [-0.3, -0.25) is 19.8 Å². The third-order valence-corrected chi connectivity index (χ3v) is 3.15. The number of nitrogens with one attached hydrogen (secondary N) is 1. The Labute approximate surface area is 108 Å². The summed E-state index contributed by atoms with van der Waals surface area (Å²) in [6, 6.07) is -0.776. The highest BCUT2D eigenvalue weighted by Gasteiger charge is 2.43. The molecule has 1 N–H and O–H groups in total. The highest BCUT2D eigenvalue weighted by Crippen LogP contribution is 2.22. The predicted molar refractivity (Wildman–Crippen MR) is 67.6 cm³/mol. The molecule has 1 heterocycles. The summed E-state index contributed by atoms with van der Waals surface area (Å²) in [5, 5.41) is 2.27. The summed E-state index contributed by atoms with van der Waals surface area (Å²) < 4.78 is 0. The molecule has 0 spiro atoms. The van der Waals surface area contributed by atoms with Gasteiger partial charge in [0.15, 0.2) is 0 Å². The minimum Gasteiger partial charge on any atom is -0.277 e. The largest absolute Gasteiger partial charge is 0.331 e. The van der Waals surface area contributed by atoms with Crippen molar-refractivity contribution < 1.29 is 14.4 Å². The van der Waals surface area contributed by atoms with Crippen LogP contribution in [0.5, 0.6) is 0 Å². The number of imide groups is 2. The number of amides is 4. The van der Waals surface area contributed by atoms with Gasteiger partial charge >= 0.3 is 6.03 Å². The Balaban J connectivity index is 2.93. The highest BCUT2D eigenvalue weighted by atomic mass is 16.2. The van der Waals surface area contributed by atoms with E-state index in [4.69, 9.17) is 0 Å². The molecule has 5 heteroatoms. The van der Waals surface area contributed by atoms with Crippen molar-refractivity contribution in [3.8, 4) is 0 Å². The number of nitrogens with zero attached hydrogens (tertiary/aromatic N) is 1. The van der Waals surface area contributed by atoms with Gasteiger partial charge in [0.25, 0.3) is 0 Å². The van der Waals surface area contributed by atoms with Gasteiger partial charge in [0.1, 0.15) is 5.92 Å². The average molecular weight is 254 g/mol. The van der Waals surface area contributed by atoms with Gasteiger partial charge in [0.2, 0.25) is 11.8 Å². The molecule has 4 amide bonds. The Morgan fingerprint density at radius 3 is 2.11 bits per heavy atom. The number of rotatable bonds is 4. The van der Waals surface area contributed by atoms with E-state index in [0.29, 0.717) is 5.92 Å². The van der Waals surface area contributed by atoms with E-state index in [2.05, 4.69) is 5.32 Å². The molecule has 18 heavy (non-hydrogen) atoms. The van der Waals surface area contributed by atoms with Gasteiger partial charge in [-0.1, -0.05) is 27.7 Å². The van der Waals surface area contributed by atoms with Crippen molar-refractivity contribution in [2.45, 2.75) is 47.1 Å². The molecule has 1 aliphatic rings. The minimum absolute atomic E-state index is 0.112. The lowest BCUT2D eigenvalue weighted by atomic mass is 9.90. The molecule has 0 aromatic rings. The lowest BCUT2D eigenvalue weighted by Gasteiger charge is -2.36. The summed E-state index contributed by atoms with van der Waals surface area (Å²) in [6.07, 6.45) is 0.734. The van der Waals surface area contributed by atoms with E-state index in [0.717, 1.165) is 6.42 Å². The van der Waals surface area contributed by atoms with Crippen molar-refractivity contribution in [2.24, 2.45) is 17.8 Å². The molecule has 1 aliphatic heterocycles. The topological polar surface area (TPSA) is 66.5 Å². The molecule has 1 fully saturated rings. The van der Waals surface area contributed by atoms with Gasteiger partial charge in [0, 0.05) is 6.04 Å². The van der Waals surface area contributed by atoms with Crippen molar-refractivity contribution in [2.75, 3.05) is 0 Å². The second-order valence-electron chi connectivity index (χ2n) is 5.70. The fraction of sp³-hybridized carbons (Fsp3) is 0.769. The first kappa shape index (κ1) is 14.7. The van der Waals surface area contributed by atoms with Crippen LogP contribution < -0.4 is 5.32 Å². The first-order valence-corrected chi connectivity index (χ1v) is 6.43. The molecule has 2 unspecified atom stereocenters. The van der Waals surface area contributed by atoms with Crippen LogP contribution in [0.25, 0.3) is 0 Å². The molecule has 5 nitrogen and oxygen atoms in total. The molecular weight excluding hydrogens is 232 g/mol. The molecule has 0 aliphatic carbocycles. The molecule has 0 radical (unpaired) electrons. The summed E-state index contributed by atoms with van der Waals surface area (Å²) in [6.45, 7) is 9.53. The molecule has 2 atom stereocenters. The average Bonchev–Trinajstić information content (AvgIpc) is 2.13. The van der Waals surface area contributed by atoms with Crippen LogP contribution >= 0.6 is 0 Å². The molecule has 0 aromatic heterocycles. The van der Waals surface area contributed by atoms with Gasteiger partial charge in [0.05, 0.1) is 0 Å². The van der Waals surface area contributed by atoms with Crippen LogP contribution in [-0.2, 0) is 9.59 Å². The van der Waals surface area contributed by atoms with E-state index in [-0.39, 0.29) is 17.9 Å². The van der Waals surface area contributed by atoms with Crippen molar-refractivity contribution in [3.63, 3.8) is 0 Å². The second-order valence-corrected chi connectivity index (χ2v) is 5.70. The zero-order chi connectivity index (χ0) is 14.0. The summed E-state index contributed by atoms with van der Waals surface area (Å²) in [4.78, 5) is 36.9. The fourth-order valence-corrected chi connectivity index (χ4v) is 2.40. The van der Waals surface area contributed by atoms with E-state index < -0.39 is 17.9 Å². The zero-order valence-corrected chi connectivity index (χ0v) is 11.7. The third kappa shape index (κ3) is 2.89. The van der Waals surface area contributed by atoms with Crippen molar-refractivity contribution >= 4 is 17.8 Å². The van der Waals surface area contributed by atoms with Crippen LogP contribution in [0.4, 0.5) is 4.79 Å². The molecule has 0 bridgehead atoms. The molecule has 1 rings (SSSR count). The van der Waals surface area contributed by atoms with Gasteiger partial charge < -0.3 is 0 Å². The van der Waals surface area contributed by atoms with Crippen molar-refractivity contribution in [1.29, 1.82) is 0 Å². The maximum atomic E-state index is 12.3. The van der Waals surface area contributed by atoms with E-state index in [1.165, 1.54) is 4.90 Å². The fourth-order valence-electron chi connectivity index (χ4n) is 2.40. The van der Waals surface area contributed by atoms with Gasteiger partial charge in [-0.05, 0) is 25.2 Å². The summed E-state index contributed by atoms with van der Waals surface area (Å²) >= 11 is 0. The van der Waals surface area contributed by atoms with Crippen LogP contribution in [-0.4, -0.2) is 28.8 Å². The lowest BCUT2D eigenvalue weighted by Crippen LogP contribution is -2.61. The Bertz CT molecular complexity index is 363. The van der Waals surface area contributed by atoms with Crippen molar-refractivity contribution in [1.82, 2.24) is 10.2 Å². The lowest BCUT2D eigenvalue weighted by molar-refractivity contribution is -0.145.